The van der Waals surface area contributed by atoms with Gasteiger partial charge >= 0.3 is 0 Å². The fraction of sp³-hybridized carbons (Fsp3) is 0.304. The number of nitrogens with zero attached hydrogens (tertiary/aromatic N) is 4. The van der Waals surface area contributed by atoms with Gasteiger partial charge < -0.3 is 9.80 Å². The summed E-state index contributed by atoms with van der Waals surface area (Å²) in [6.45, 7) is 3.81. The second-order valence-electron chi connectivity index (χ2n) is 8.21. The molecular weight excluding hydrogens is 494 g/mol. The zero-order chi connectivity index (χ0) is 23.7. The Morgan fingerprint density at radius 1 is 1.03 bits per heavy atom. The Bertz CT molecular complexity index is 1270. The molecule has 0 saturated carbocycles. The fourth-order valence-corrected chi connectivity index (χ4v) is 6.54. The largest absolute Gasteiger partial charge is 0.368 e. The lowest BCUT2D eigenvalue weighted by Gasteiger charge is -2.38. The molecule has 5 rings (SSSR count). The molecule has 2 saturated heterocycles. The number of aromatic nitrogens is 1. The third-order valence-electron chi connectivity index (χ3n) is 6.24. The van der Waals surface area contributed by atoms with Gasteiger partial charge in [-0.3, -0.25) is 14.4 Å². The van der Waals surface area contributed by atoms with Gasteiger partial charge in [-0.1, -0.05) is 23.7 Å². The lowest BCUT2D eigenvalue weighted by molar-refractivity contribution is -0.121. The van der Waals surface area contributed by atoms with Crippen LogP contribution in [-0.4, -0.2) is 63.0 Å². The van der Waals surface area contributed by atoms with Crippen molar-refractivity contribution in [3.05, 3.63) is 65.1 Å². The number of sulfonamides is 1. The van der Waals surface area contributed by atoms with Crippen molar-refractivity contribution in [2.24, 2.45) is 0 Å². The number of halogens is 1. The number of benzene rings is 2. The maximum Gasteiger partial charge on any atom is 0.263 e. The quantitative estimate of drug-likeness (QED) is 0.527. The summed E-state index contributed by atoms with van der Waals surface area (Å²) < 4.78 is 27.6. The molecule has 1 amide bonds. The Morgan fingerprint density at radius 3 is 2.44 bits per heavy atom. The molecule has 0 spiro atoms. The zero-order valence-electron chi connectivity index (χ0n) is 18.3. The molecular formula is C23H28ClN5O3S2. The molecule has 1 N–H and O–H groups in total. The van der Waals surface area contributed by atoms with Crippen LogP contribution in [0.3, 0.4) is 0 Å². The average molecular weight is 522 g/mol. The highest BCUT2D eigenvalue weighted by Gasteiger charge is 2.38. The summed E-state index contributed by atoms with van der Waals surface area (Å²) in [5.41, 5.74) is 1.73. The van der Waals surface area contributed by atoms with Gasteiger partial charge in [-0.15, -0.1) is 11.3 Å². The maximum absolute atomic E-state index is 13.2. The molecule has 1 aromatic heterocycles. The number of nitrogens with one attached hydrogen (secondary N) is 1. The minimum absolute atomic E-state index is 0. The highest BCUT2D eigenvalue weighted by molar-refractivity contribution is 7.93. The first-order chi connectivity index (χ1) is 16.4. The van der Waals surface area contributed by atoms with E-state index in [1.807, 2.05) is 24.3 Å². The van der Waals surface area contributed by atoms with E-state index in [9.17, 15) is 13.2 Å². The molecule has 11 heteroatoms. The van der Waals surface area contributed by atoms with E-state index in [1.165, 1.54) is 29.7 Å². The van der Waals surface area contributed by atoms with E-state index in [1.54, 1.807) is 22.4 Å². The Balaban J connectivity index is 0.00000180. The van der Waals surface area contributed by atoms with E-state index in [0.29, 0.717) is 17.4 Å². The predicted octanol–water partition coefficient (Wildman–Crippen LogP) is 4.02. The molecule has 2 fully saturated rings. The zero-order valence-corrected chi connectivity index (χ0v) is 20.7. The molecule has 0 bridgehead atoms. The number of anilines is 3. The first-order valence-corrected chi connectivity index (χ1v) is 13.7. The predicted molar refractivity (Wildman–Crippen MR) is 140 cm³/mol. The second kappa shape index (κ2) is 9.53. The average Bonchev–Trinajstić information content (AvgIpc) is 3.49. The molecule has 34 heavy (non-hydrogen) atoms. The van der Waals surface area contributed by atoms with Crippen LogP contribution in [0.5, 0.6) is 0 Å². The van der Waals surface area contributed by atoms with E-state index in [-0.39, 0.29) is 19.7 Å². The molecule has 3 aromatic rings. The van der Waals surface area contributed by atoms with Gasteiger partial charge in [-0.2, -0.15) is 0 Å². The van der Waals surface area contributed by atoms with Crippen molar-refractivity contribution < 1.29 is 16.1 Å². The number of rotatable bonds is 6. The van der Waals surface area contributed by atoms with Crippen LogP contribution < -0.4 is 14.5 Å². The smallest absolute Gasteiger partial charge is 0.263 e. The van der Waals surface area contributed by atoms with Gasteiger partial charge in [0.25, 0.3) is 10.0 Å². The number of para-hydroxylation sites is 1. The van der Waals surface area contributed by atoms with Crippen molar-refractivity contribution in [3.63, 3.8) is 0 Å². The normalized spacial score (nSPS) is 19.6. The number of piperazine rings is 1. The lowest BCUT2D eigenvalue weighted by atomic mass is 10.1. The SMILES string of the molecule is O=C1[C@@H](N2CCN(c3ccccc3Cl)CC2)CCN1c1ccc(S(=O)(=O)Nc2nccs2)cc1.[HH].[HH]. The molecule has 2 aromatic carbocycles. The molecule has 3 heterocycles. The van der Waals surface area contributed by atoms with E-state index >= 15 is 0 Å². The summed E-state index contributed by atoms with van der Waals surface area (Å²) in [6.07, 6.45) is 2.29. The van der Waals surface area contributed by atoms with Crippen molar-refractivity contribution in [1.82, 2.24) is 9.88 Å². The Morgan fingerprint density at radius 2 is 1.76 bits per heavy atom. The highest BCUT2D eigenvalue weighted by Crippen LogP contribution is 2.29. The molecule has 2 aliphatic heterocycles. The van der Waals surface area contributed by atoms with Crippen LogP contribution in [0.4, 0.5) is 16.5 Å². The van der Waals surface area contributed by atoms with Crippen molar-refractivity contribution in [1.29, 1.82) is 0 Å². The van der Waals surface area contributed by atoms with Crippen LogP contribution in [0.25, 0.3) is 0 Å². The first kappa shape index (κ1) is 23.1. The highest BCUT2D eigenvalue weighted by atomic mass is 35.5. The monoisotopic (exact) mass is 521 g/mol. The number of hydrogen-bond donors (Lipinski definition) is 1. The van der Waals surface area contributed by atoms with Crippen LogP contribution in [0, 0.1) is 0 Å². The van der Waals surface area contributed by atoms with Crippen molar-refractivity contribution in [2.75, 3.05) is 47.2 Å². The van der Waals surface area contributed by atoms with Gasteiger partial charge in [0.1, 0.15) is 0 Å². The molecule has 0 unspecified atom stereocenters. The second-order valence-corrected chi connectivity index (χ2v) is 11.2. The van der Waals surface area contributed by atoms with E-state index in [0.717, 1.165) is 43.3 Å². The third-order valence-corrected chi connectivity index (χ3v) is 8.73. The minimum Gasteiger partial charge on any atom is -0.368 e. The summed E-state index contributed by atoms with van der Waals surface area (Å²) >= 11 is 7.56. The van der Waals surface area contributed by atoms with E-state index in [2.05, 4.69) is 19.5 Å². The summed E-state index contributed by atoms with van der Waals surface area (Å²) in [7, 11) is -3.72. The van der Waals surface area contributed by atoms with Gasteiger partial charge in [0.05, 0.1) is 21.6 Å². The number of amides is 1. The summed E-state index contributed by atoms with van der Waals surface area (Å²) in [5.74, 6) is 0.0581. The molecule has 2 aliphatic rings. The van der Waals surface area contributed by atoms with Crippen LogP contribution >= 0.6 is 22.9 Å². The molecule has 0 radical (unpaired) electrons. The molecule has 1 atom stereocenters. The topological polar surface area (TPSA) is 85.9 Å². The summed E-state index contributed by atoms with van der Waals surface area (Å²) in [5, 5.41) is 2.76. The van der Waals surface area contributed by atoms with Crippen LogP contribution in [-0.2, 0) is 14.8 Å². The number of carbonyl (C=O) groups is 1. The maximum atomic E-state index is 13.2. The Labute approximate surface area is 210 Å². The summed E-state index contributed by atoms with van der Waals surface area (Å²) in [4.78, 5) is 23.6. The first-order valence-electron chi connectivity index (χ1n) is 11.0. The van der Waals surface area contributed by atoms with Crippen LogP contribution in [0.15, 0.2) is 65.0 Å². The number of carbonyl (C=O) groups excluding carboxylic acids is 1. The van der Waals surface area contributed by atoms with Crippen LogP contribution in [0.2, 0.25) is 5.02 Å². The van der Waals surface area contributed by atoms with Crippen molar-refractivity contribution in [3.8, 4) is 0 Å². The van der Waals surface area contributed by atoms with Gasteiger partial charge in [0, 0.05) is 52.8 Å². The number of thiazole rings is 1. The number of hydrogen-bond acceptors (Lipinski definition) is 7. The fourth-order valence-electron chi connectivity index (χ4n) is 4.50. The lowest BCUT2D eigenvalue weighted by Crippen LogP contribution is -2.52. The molecule has 0 aliphatic carbocycles. The van der Waals surface area contributed by atoms with Crippen LogP contribution in [0.1, 0.15) is 9.27 Å². The third kappa shape index (κ3) is 4.63. The summed E-state index contributed by atoms with van der Waals surface area (Å²) in [6, 6.07) is 14.1. The molecule has 182 valence electrons. The van der Waals surface area contributed by atoms with Gasteiger partial charge in [0.2, 0.25) is 5.91 Å². The van der Waals surface area contributed by atoms with Crippen molar-refractivity contribution in [2.45, 2.75) is 17.4 Å². The minimum atomic E-state index is -3.72. The van der Waals surface area contributed by atoms with Gasteiger partial charge in [0.15, 0.2) is 5.13 Å². The Hall–Kier alpha value is -2.66. The van der Waals surface area contributed by atoms with Gasteiger partial charge in [-0.25, -0.2) is 13.4 Å². The van der Waals surface area contributed by atoms with Gasteiger partial charge in [-0.05, 0) is 42.8 Å². The Kier molecular flexibility index (Phi) is 6.48. The standard InChI is InChI=1S/C23H24ClN5O3S2.2H2/c24-19-3-1-2-4-20(19)27-12-14-28(15-13-27)21-9-11-29(22(21)30)17-5-7-18(8-6-17)34(31,32)26-23-25-10-16-33-23;;/h1-8,10,16,21H,9,11-15H2,(H,25,26);2*1H/t21-;;/m0../s1. The molecule has 8 nitrogen and oxygen atoms in total. The van der Waals surface area contributed by atoms with E-state index < -0.39 is 10.0 Å². The van der Waals surface area contributed by atoms with E-state index in [4.69, 9.17) is 11.6 Å². The van der Waals surface area contributed by atoms with Crippen molar-refractivity contribution >= 4 is 55.4 Å².